The van der Waals surface area contributed by atoms with Gasteiger partial charge < -0.3 is 24.3 Å². The number of anilines is 2. The molecule has 0 spiro atoms. The van der Waals surface area contributed by atoms with Crippen LogP contribution in [0.1, 0.15) is 29.1 Å². The predicted molar refractivity (Wildman–Crippen MR) is 151 cm³/mol. The van der Waals surface area contributed by atoms with Gasteiger partial charge in [-0.25, -0.2) is 0 Å². The Bertz CT molecular complexity index is 1400. The highest BCUT2D eigenvalue weighted by Gasteiger charge is 2.42. The van der Waals surface area contributed by atoms with Crippen molar-refractivity contribution in [2.24, 2.45) is 0 Å². The first kappa shape index (κ1) is 24.0. The van der Waals surface area contributed by atoms with Gasteiger partial charge in [-0.3, -0.25) is 4.98 Å². The van der Waals surface area contributed by atoms with Crippen molar-refractivity contribution < 1.29 is 9.15 Å². The van der Waals surface area contributed by atoms with E-state index in [9.17, 15) is 0 Å². The minimum atomic E-state index is -0.218. The number of aryl methyl sites for hydroxylation is 1. The number of morpholine rings is 1. The molecule has 0 aliphatic carbocycles. The summed E-state index contributed by atoms with van der Waals surface area (Å²) >= 11 is 12.2. The first-order valence-electron chi connectivity index (χ1n) is 12.4. The standard InChI is InChI=1S/C29H27ClN4O2S/c1-19-5-6-20(30)18-23(19)25-11-12-26(36-25)28-27(24-4-2-3-13-31-24)32-29(37)34(28)22-9-7-21(8-10-22)33-14-16-35-17-15-33/h2-13,18,27-28H,14-17H2,1H3,(H,32,37). The van der Waals surface area contributed by atoms with Crippen LogP contribution >= 0.6 is 23.8 Å². The molecule has 2 unspecified atom stereocenters. The second-order valence-corrected chi connectivity index (χ2v) is 10.1. The molecule has 2 aliphatic rings. The summed E-state index contributed by atoms with van der Waals surface area (Å²) in [6, 6.07) is 24.0. The van der Waals surface area contributed by atoms with Gasteiger partial charge in [-0.05, 0) is 85.4 Å². The lowest BCUT2D eigenvalue weighted by molar-refractivity contribution is 0.122. The van der Waals surface area contributed by atoms with Crippen molar-refractivity contribution in [2.75, 3.05) is 36.1 Å². The summed E-state index contributed by atoms with van der Waals surface area (Å²) in [5.74, 6) is 1.57. The molecule has 0 bridgehead atoms. The maximum atomic E-state index is 6.51. The van der Waals surface area contributed by atoms with Crippen LogP contribution in [0.5, 0.6) is 0 Å². The zero-order chi connectivity index (χ0) is 25.4. The lowest BCUT2D eigenvalue weighted by Crippen LogP contribution is -2.36. The molecule has 2 fully saturated rings. The number of hydrogen-bond acceptors (Lipinski definition) is 5. The maximum absolute atomic E-state index is 6.51. The molecular weight excluding hydrogens is 504 g/mol. The molecule has 0 amide bonds. The first-order chi connectivity index (χ1) is 18.1. The van der Waals surface area contributed by atoms with Gasteiger partial charge in [0.15, 0.2) is 5.11 Å². The van der Waals surface area contributed by atoms with E-state index in [1.807, 2.05) is 48.5 Å². The maximum Gasteiger partial charge on any atom is 0.174 e. The third kappa shape index (κ3) is 4.70. The number of pyridine rings is 1. The van der Waals surface area contributed by atoms with Crippen molar-refractivity contribution in [1.82, 2.24) is 10.3 Å². The molecule has 2 atom stereocenters. The molecule has 2 saturated heterocycles. The van der Waals surface area contributed by atoms with Crippen LogP contribution in [0.15, 0.2) is 83.4 Å². The molecule has 188 valence electrons. The minimum Gasteiger partial charge on any atom is -0.459 e. The lowest BCUT2D eigenvalue weighted by atomic mass is 10.0. The minimum absolute atomic E-state index is 0.174. The summed E-state index contributed by atoms with van der Waals surface area (Å²) in [6.07, 6.45) is 1.81. The second kappa shape index (κ2) is 10.2. The molecule has 2 aliphatic heterocycles. The third-order valence-corrected chi connectivity index (χ3v) is 7.54. The number of ether oxygens (including phenoxy) is 1. The number of thiocarbonyl (C=S) groups is 1. The van der Waals surface area contributed by atoms with Gasteiger partial charge in [-0.15, -0.1) is 0 Å². The Balaban J connectivity index is 1.38. The molecule has 1 N–H and O–H groups in total. The SMILES string of the molecule is Cc1ccc(Cl)cc1-c1ccc(C2C(c3ccccn3)NC(=S)N2c2ccc(N3CCOCC3)cc2)o1. The van der Waals surface area contributed by atoms with Crippen molar-refractivity contribution in [3.8, 4) is 11.3 Å². The highest BCUT2D eigenvalue weighted by atomic mass is 35.5. The van der Waals surface area contributed by atoms with Crippen LogP contribution in [0.4, 0.5) is 11.4 Å². The van der Waals surface area contributed by atoms with Crippen LogP contribution in [0.2, 0.25) is 5.02 Å². The normalized spacial score (nSPS) is 19.8. The number of halogens is 1. The fourth-order valence-corrected chi connectivity index (χ4v) is 5.60. The van der Waals surface area contributed by atoms with E-state index < -0.39 is 0 Å². The van der Waals surface area contributed by atoms with Crippen molar-refractivity contribution >= 4 is 40.3 Å². The van der Waals surface area contributed by atoms with E-state index >= 15 is 0 Å². The summed E-state index contributed by atoms with van der Waals surface area (Å²) < 4.78 is 12.0. The number of benzene rings is 2. The first-order valence-corrected chi connectivity index (χ1v) is 13.2. The number of furan rings is 1. The number of nitrogens with zero attached hydrogens (tertiary/aromatic N) is 3. The molecule has 0 radical (unpaired) electrons. The van der Waals surface area contributed by atoms with E-state index in [-0.39, 0.29) is 12.1 Å². The Morgan fingerprint density at radius 3 is 2.51 bits per heavy atom. The Hall–Kier alpha value is -3.39. The van der Waals surface area contributed by atoms with Gasteiger partial charge in [0.25, 0.3) is 0 Å². The van der Waals surface area contributed by atoms with Gasteiger partial charge >= 0.3 is 0 Å². The monoisotopic (exact) mass is 530 g/mol. The van der Waals surface area contributed by atoms with E-state index in [1.54, 1.807) is 6.20 Å². The van der Waals surface area contributed by atoms with Crippen molar-refractivity contribution in [3.63, 3.8) is 0 Å². The number of rotatable bonds is 5. The molecule has 6 nitrogen and oxygen atoms in total. The topological polar surface area (TPSA) is 53.8 Å². The van der Waals surface area contributed by atoms with Crippen LogP contribution in [0, 0.1) is 6.92 Å². The Morgan fingerprint density at radius 1 is 0.973 bits per heavy atom. The molecule has 37 heavy (non-hydrogen) atoms. The van der Waals surface area contributed by atoms with Crippen molar-refractivity contribution in [3.05, 3.63) is 101 Å². The molecular formula is C29H27ClN4O2S. The van der Waals surface area contributed by atoms with Gasteiger partial charge in [-0.2, -0.15) is 0 Å². The fourth-order valence-electron chi connectivity index (χ4n) is 5.08. The van der Waals surface area contributed by atoms with Gasteiger partial charge in [0.2, 0.25) is 0 Å². The predicted octanol–water partition coefficient (Wildman–Crippen LogP) is 6.32. The fraction of sp³-hybridized carbons (Fsp3) is 0.241. The lowest BCUT2D eigenvalue weighted by Gasteiger charge is -2.30. The zero-order valence-electron chi connectivity index (χ0n) is 20.4. The highest BCUT2D eigenvalue weighted by Crippen LogP contribution is 2.43. The van der Waals surface area contributed by atoms with Crippen LogP contribution in [0.25, 0.3) is 11.3 Å². The smallest absolute Gasteiger partial charge is 0.174 e. The molecule has 0 saturated carbocycles. The molecule has 6 rings (SSSR count). The van der Waals surface area contributed by atoms with Crippen LogP contribution in [-0.4, -0.2) is 36.4 Å². The molecule has 2 aromatic heterocycles. The average molecular weight is 531 g/mol. The summed E-state index contributed by atoms with van der Waals surface area (Å²) in [5.41, 5.74) is 5.15. The van der Waals surface area contributed by atoms with E-state index in [0.29, 0.717) is 10.1 Å². The van der Waals surface area contributed by atoms with Gasteiger partial charge in [0.1, 0.15) is 17.6 Å². The summed E-state index contributed by atoms with van der Waals surface area (Å²) in [6.45, 7) is 5.35. The Morgan fingerprint density at radius 2 is 1.76 bits per heavy atom. The van der Waals surface area contributed by atoms with Crippen molar-refractivity contribution in [2.45, 2.75) is 19.0 Å². The van der Waals surface area contributed by atoms with Crippen molar-refractivity contribution in [1.29, 1.82) is 0 Å². The Kier molecular flexibility index (Phi) is 6.59. The molecule has 2 aromatic carbocycles. The van der Waals surface area contributed by atoms with Crippen LogP contribution < -0.4 is 15.1 Å². The van der Waals surface area contributed by atoms with Gasteiger partial charge in [0.05, 0.1) is 24.9 Å². The summed E-state index contributed by atoms with van der Waals surface area (Å²) in [7, 11) is 0. The number of nitrogens with one attached hydrogen (secondary N) is 1. The number of aromatic nitrogens is 1. The molecule has 4 heterocycles. The Labute approximate surface area is 226 Å². The largest absolute Gasteiger partial charge is 0.459 e. The summed E-state index contributed by atoms with van der Waals surface area (Å²) in [4.78, 5) is 9.11. The van der Waals surface area contributed by atoms with Crippen LogP contribution in [0.3, 0.4) is 0 Å². The van der Waals surface area contributed by atoms with Gasteiger partial charge in [0, 0.05) is 41.2 Å². The van der Waals surface area contributed by atoms with E-state index in [1.165, 1.54) is 5.69 Å². The molecule has 8 heteroatoms. The third-order valence-electron chi connectivity index (χ3n) is 6.99. The zero-order valence-corrected chi connectivity index (χ0v) is 22.0. The number of hydrogen-bond donors (Lipinski definition) is 1. The molecule has 4 aromatic rings. The summed E-state index contributed by atoms with van der Waals surface area (Å²) in [5, 5.41) is 4.81. The van der Waals surface area contributed by atoms with Crippen LogP contribution in [-0.2, 0) is 4.74 Å². The van der Waals surface area contributed by atoms with E-state index in [2.05, 4.69) is 51.3 Å². The second-order valence-electron chi connectivity index (χ2n) is 9.27. The quantitative estimate of drug-likeness (QED) is 0.303. The average Bonchev–Trinajstić information content (AvgIpc) is 3.56. The van der Waals surface area contributed by atoms with E-state index in [4.69, 9.17) is 33.0 Å². The van der Waals surface area contributed by atoms with Gasteiger partial charge in [-0.1, -0.05) is 23.7 Å². The highest BCUT2D eigenvalue weighted by molar-refractivity contribution is 7.80. The van der Waals surface area contributed by atoms with E-state index in [0.717, 1.165) is 60.3 Å².